The van der Waals surface area contributed by atoms with E-state index in [2.05, 4.69) is 39.2 Å². The molecule has 1 saturated carbocycles. The van der Waals surface area contributed by atoms with Gasteiger partial charge >= 0.3 is 0 Å². The predicted molar refractivity (Wildman–Crippen MR) is 58.5 cm³/mol. The summed E-state index contributed by atoms with van der Waals surface area (Å²) < 4.78 is 0. The van der Waals surface area contributed by atoms with Crippen molar-refractivity contribution in [3.8, 4) is 0 Å². The van der Waals surface area contributed by atoms with Crippen LogP contribution in [-0.4, -0.2) is 6.04 Å². The van der Waals surface area contributed by atoms with Gasteiger partial charge in [0.15, 0.2) is 0 Å². The van der Waals surface area contributed by atoms with Crippen LogP contribution < -0.4 is 5.32 Å². The first kappa shape index (κ1) is 10.4. The molecule has 0 aromatic carbocycles. The van der Waals surface area contributed by atoms with Crippen LogP contribution in [0.1, 0.15) is 40.0 Å². The maximum Gasteiger partial charge on any atom is 0.0332 e. The molecule has 0 spiro atoms. The quantitative estimate of drug-likeness (QED) is 0.656. The summed E-state index contributed by atoms with van der Waals surface area (Å²) in [6, 6.07) is 0.613. The van der Waals surface area contributed by atoms with Crippen LogP contribution in [0.2, 0.25) is 0 Å². The van der Waals surface area contributed by atoms with Crippen molar-refractivity contribution < 1.29 is 0 Å². The summed E-state index contributed by atoms with van der Waals surface area (Å²) in [5.41, 5.74) is 2.87. The van der Waals surface area contributed by atoms with Gasteiger partial charge in [-0.3, -0.25) is 0 Å². The Labute approximate surface area is 81.9 Å². The summed E-state index contributed by atoms with van der Waals surface area (Å²) in [6.45, 7) is 14.7. The molecule has 0 aromatic heterocycles. The van der Waals surface area contributed by atoms with Gasteiger partial charge < -0.3 is 5.32 Å². The van der Waals surface area contributed by atoms with Crippen molar-refractivity contribution >= 4 is 0 Å². The van der Waals surface area contributed by atoms with E-state index in [-0.39, 0.29) is 0 Å². The second-order valence-corrected chi connectivity index (χ2v) is 5.34. The Kier molecular flexibility index (Phi) is 2.84. The number of hydrogen-bond donors (Lipinski definition) is 1. The molecular weight excluding hydrogens is 158 g/mol. The predicted octanol–water partition coefficient (Wildman–Crippen LogP) is 3.24. The zero-order valence-electron chi connectivity index (χ0n) is 9.11. The van der Waals surface area contributed by atoms with Crippen molar-refractivity contribution in [2.75, 3.05) is 0 Å². The molecule has 0 saturated heterocycles. The van der Waals surface area contributed by atoms with Crippen molar-refractivity contribution in [1.29, 1.82) is 0 Å². The fourth-order valence-electron chi connectivity index (χ4n) is 1.72. The van der Waals surface area contributed by atoms with Crippen LogP contribution in [0.3, 0.4) is 0 Å². The van der Waals surface area contributed by atoms with Crippen LogP contribution in [0.25, 0.3) is 0 Å². The second kappa shape index (κ2) is 3.57. The average molecular weight is 179 g/mol. The zero-order chi connectivity index (χ0) is 10.1. The lowest BCUT2D eigenvalue weighted by atomic mass is 9.86. The third kappa shape index (κ3) is 3.67. The van der Waals surface area contributed by atoms with Gasteiger partial charge in [0.25, 0.3) is 0 Å². The van der Waals surface area contributed by atoms with E-state index in [0.29, 0.717) is 11.5 Å². The molecule has 1 rings (SSSR count). The number of rotatable bonds is 3. The first-order valence-electron chi connectivity index (χ1n) is 4.98. The third-order valence-corrected chi connectivity index (χ3v) is 2.22. The molecule has 0 unspecified atom stereocenters. The maximum absolute atomic E-state index is 4.05. The van der Waals surface area contributed by atoms with E-state index in [1.165, 1.54) is 11.3 Å². The summed E-state index contributed by atoms with van der Waals surface area (Å²) >= 11 is 0. The van der Waals surface area contributed by atoms with E-state index in [9.17, 15) is 0 Å². The van der Waals surface area contributed by atoms with Crippen LogP contribution in [0.5, 0.6) is 0 Å². The Morgan fingerprint density at radius 2 is 2.00 bits per heavy atom. The highest BCUT2D eigenvalue weighted by molar-refractivity contribution is 5.14. The van der Waals surface area contributed by atoms with Crippen LogP contribution in [0, 0.1) is 5.41 Å². The highest BCUT2D eigenvalue weighted by Gasteiger charge is 2.22. The van der Waals surface area contributed by atoms with Gasteiger partial charge in [0.1, 0.15) is 0 Å². The van der Waals surface area contributed by atoms with Gasteiger partial charge in [0.05, 0.1) is 0 Å². The van der Waals surface area contributed by atoms with E-state index < -0.39 is 0 Å². The van der Waals surface area contributed by atoms with Gasteiger partial charge in [-0.2, -0.15) is 0 Å². The lowest BCUT2D eigenvalue weighted by Crippen LogP contribution is -2.36. The van der Waals surface area contributed by atoms with Crippen molar-refractivity contribution in [3.05, 3.63) is 24.4 Å². The van der Waals surface area contributed by atoms with Crippen LogP contribution >= 0.6 is 0 Å². The number of nitrogens with one attached hydrogen (secondary N) is 1. The molecule has 1 nitrogen and oxygen atoms in total. The van der Waals surface area contributed by atoms with Gasteiger partial charge in [0, 0.05) is 11.7 Å². The van der Waals surface area contributed by atoms with E-state index >= 15 is 0 Å². The molecule has 0 radical (unpaired) electrons. The number of allylic oxidation sites excluding steroid dienone is 1. The lowest BCUT2D eigenvalue weighted by Gasteiger charge is -2.32. The highest BCUT2D eigenvalue weighted by atomic mass is 14.9. The molecule has 0 aliphatic heterocycles. The lowest BCUT2D eigenvalue weighted by molar-refractivity contribution is 0.376. The Hall–Kier alpha value is -0.720. The SMILES string of the molecule is C=C1CC(NC(=C)CC(C)(C)C)C1. The molecule has 0 aromatic rings. The molecule has 1 N–H and O–H groups in total. The van der Waals surface area contributed by atoms with Crippen LogP contribution in [0.15, 0.2) is 24.4 Å². The summed E-state index contributed by atoms with van der Waals surface area (Å²) in [4.78, 5) is 0. The molecule has 0 bridgehead atoms. The Bertz CT molecular complexity index is 212. The maximum atomic E-state index is 4.05. The Morgan fingerprint density at radius 1 is 1.46 bits per heavy atom. The monoisotopic (exact) mass is 179 g/mol. The summed E-state index contributed by atoms with van der Waals surface area (Å²) in [5.74, 6) is 0. The van der Waals surface area contributed by atoms with E-state index in [1.54, 1.807) is 0 Å². The van der Waals surface area contributed by atoms with E-state index in [1.807, 2.05) is 0 Å². The Balaban J connectivity index is 2.22. The van der Waals surface area contributed by atoms with E-state index in [0.717, 1.165) is 19.3 Å². The van der Waals surface area contributed by atoms with Gasteiger partial charge in [-0.05, 0) is 24.7 Å². The van der Waals surface area contributed by atoms with E-state index in [4.69, 9.17) is 0 Å². The molecule has 0 amide bonds. The zero-order valence-corrected chi connectivity index (χ0v) is 9.11. The van der Waals surface area contributed by atoms with Gasteiger partial charge in [-0.25, -0.2) is 0 Å². The normalized spacial score (nSPS) is 18.2. The molecule has 13 heavy (non-hydrogen) atoms. The summed E-state index contributed by atoms with van der Waals surface area (Å²) in [5, 5.41) is 3.45. The molecule has 1 fully saturated rings. The fraction of sp³-hybridized carbons (Fsp3) is 0.667. The van der Waals surface area contributed by atoms with Crippen molar-refractivity contribution in [2.45, 2.75) is 46.1 Å². The number of hydrogen-bond acceptors (Lipinski definition) is 1. The molecule has 1 aliphatic rings. The first-order chi connectivity index (χ1) is 5.87. The molecule has 1 aliphatic carbocycles. The molecule has 1 heteroatoms. The summed E-state index contributed by atoms with van der Waals surface area (Å²) in [7, 11) is 0. The topological polar surface area (TPSA) is 12.0 Å². The minimum Gasteiger partial charge on any atom is -0.385 e. The highest BCUT2D eigenvalue weighted by Crippen LogP contribution is 2.27. The van der Waals surface area contributed by atoms with Crippen LogP contribution in [0.4, 0.5) is 0 Å². The fourth-order valence-corrected chi connectivity index (χ4v) is 1.72. The van der Waals surface area contributed by atoms with Gasteiger partial charge in [-0.15, -0.1) is 0 Å². The smallest absolute Gasteiger partial charge is 0.0332 e. The van der Waals surface area contributed by atoms with Crippen molar-refractivity contribution in [3.63, 3.8) is 0 Å². The Morgan fingerprint density at radius 3 is 2.38 bits per heavy atom. The first-order valence-corrected chi connectivity index (χ1v) is 4.98. The average Bonchev–Trinajstić information content (AvgIpc) is 1.79. The molecular formula is C12H21N. The third-order valence-electron chi connectivity index (χ3n) is 2.22. The van der Waals surface area contributed by atoms with Crippen LogP contribution in [-0.2, 0) is 0 Å². The molecule has 74 valence electrons. The summed E-state index contributed by atoms with van der Waals surface area (Å²) in [6.07, 6.45) is 3.31. The largest absolute Gasteiger partial charge is 0.385 e. The minimum absolute atomic E-state index is 0.338. The van der Waals surface area contributed by atoms with Crippen molar-refractivity contribution in [1.82, 2.24) is 5.32 Å². The molecule has 0 atom stereocenters. The van der Waals surface area contributed by atoms with Gasteiger partial charge in [-0.1, -0.05) is 39.5 Å². The van der Waals surface area contributed by atoms with Gasteiger partial charge in [0.2, 0.25) is 0 Å². The van der Waals surface area contributed by atoms with Crippen molar-refractivity contribution in [2.24, 2.45) is 5.41 Å². The molecule has 0 heterocycles. The minimum atomic E-state index is 0.338. The standard InChI is InChI=1S/C12H21N/c1-9-6-11(7-9)13-10(2)8-12(3,4)5/h11,13H,1-2,6-8H2,3-5H3. The second-order valence-electron chi connectivity index (χ2n) is 5.34.